The highest BCUT2D eigenvalue weighted by Crippen LogP contribution is 2.28. The first kappa shape index (κ1) is 7.74. The van der Waals surface area contributed by atoms with Crippen molar-refractivity contribution in [2.45, 2.75) is 12.8 Å². The zero-order valence-electron chi connectivity index (χ0n) is 6.23. The van der Waals surface area contributed by atoms with Gasteiger partial charge in [0, 0.05) is 23.4 Å². The summed E-state index contributed by atoms with van der Waals surface area (Å²) in [5.41, 5.74) is 1.15. The second-order valence-corrected chi connectivity index (χ2v) is 3.29. The van der Waals surface area contributed by atoms with Crippen LogP contribution >= 0.6 is 11.6 Å². The third-order valence-electron chi connectivity index (χ3n) is 2.06. The van der Waals surface area contributed by atoms with Gasteiger partial charge in [-0.1, -0.05) is 11.6 Å². The van der Waals surface area contributed by atoms with Gasteiger partial charge in [-0.05, 0) is 17.7 Å². The topological polar surface area (TPSA) is 17.1 Å². The summed E-state index contributed by atoms with van der Waals surface area (Å²) in [6, 6.07) is 2.80. The molecule has 0 amide bonds. The Bertz CT molecular complexity index is 327. The molecular weight excluding hydrogens is 179 g/mol. The average molecular weight is 185 g/mol. The van der Waals surface area contributed by atoms with Crippen LogP contribution in [0.4, 0.5) is 4.39 Å². The molecule has 1 nitrogen and oxygen atoms in total. The smallest absolute Gasteiger partial charge is 0.141 e. The second kappa shape index (κ2) is 2.56. The highest BCUT2D eigenvalue weighted by molar-refractivity contribution is 6.31. The summed E-state index contributed by atoms with van der Waals surface area (Å²) in [5.74, 6) is -0.280. The zero-order valence-corrected chi connectivity index (χ0v) is 6.99. The highest BCUT2D eigenvalue weighted by atomic mass is 35.5. The molecule has 0 heterocycles. The van der Waals surface area contributed by atoms with E-state index < -0.39 is 0 Å². The molecule has 0 bridgehead atoms. The van der Waals surface area contributed by atoms with Gasteiger partial charge >= 0.3 is 0 Å². The molecule has 1 aromatic rings. The van der Waals surface area contributed by atoms with Gasteiger partial charge in [0.15, 0.2) is 0 Å². The van der Waals surface area contributed by atoms with E-state index in [9.17, 15) is 9.18 Å². The molecule has 1 aliphatic rings. The van der Waals surface area contributed by atoms with Gasteiger partial charge in [0.05, 0.1) is 0 Å². The minimum atomic E-state index is -0.319. The summed E-state index contributed by atoms with van der Waals surface area (Å²) in [4.78, 5) is 11.0. The predicted octanol–water partition coefficient (Wildman–Crippen LogP) is 2.15. The molecule has 1 aromatic carbocycles. The molecule has 0 aromatic heterocycles. The van der Waals surface area contributed by atoms with Crippen molar-refractivity contribution in [2.24, 2.45) is 0 Å². The maximum Gasteiger partial charge on any atom is 0.141 e. The first-order valence-corrected chi connectivity index (χ1v) is 4.03. The van der Waals surface area contributed by atoms with Gasteiger partial charge in [-0.25, -0.2) is 4.39 Å². The standard InChI is InChI=1S/C9H6ClFO/c10-8-1-2-9(11)7-4-5(12)3-6(7)8/h1-2H,3-4H2. The van der Waals surface area contributed by atoms with Crippen LogP contribution < -0.4 is 0 Å². The van der Waals surface area contributed by atoms with Gasteiger partial charge in [0.2, 0.25) is 0 Å². The number of hydrogen-bond acceptors (Lipinski definition) is 1. The molecule has 0 fully saturated rings. The molecule has 0 atom stereocenters. The number of carbonyl (C=O) groups excluding carboxylic acids is 1. The number of benzene rings is 1. The van der Waals surface area contributed by atoms with Gasteiger partial charge in [0.25, 0.3) is 0 Å². The Morgan fingerprint density at radius 3 is 2.58 bits per heavy atom. The molecule has 0 saturated heterocycles. The summed E-state index contributed by atoms with van der Waals surface area (Å²) in [6.07, 6.45) is 0.480. The van der Waals surface area contributed by atoms with Crippen LogP contribution in [0.3, 0.4) is 0 Å². The Hall–Kier alpha value is -0.890. The summed E-state index contributed by atoms with van der Waals surface area (Å²) in [7, 11) is 0. The van der Waals surface area contributed by atoms with Crippen LogP contribution in [0, 0.1) is 5.82 Å². The number of ketones is 1. The van der Waals surface area contributed by atoms with Gasteiger partial charge in [-0.15, -0.1) is 0 Å². The monoisotopic (exact) mass is 184 g/mol. The predicted molar refractivity (Wildman–Crippen MR) is 43.8 cm³/mol. The zero-order chi connectivity index (χ0) is 8.72. The van der Waals surface area contributed by atoms with Crippen LogP contribution in [0.1, 0.15) is 11.1 Å². The second-order valence-electron chi connectivity index (χ2n) is 2.88. The van der Waals surface area contributed by atoms with Crippen LogP contribution in [-0.4, -0.2) is 5.78 Å². The molecule has 0 spiro atoms. The summed E-state index contributed by atoms with van der Waals surface area (Å²) in [6.45, 7) is 0. The van der Waals surface area contributed by atoms with Crippen LogP contribution in [-0.2, 0) is 17.6 Å². The van der Waals surface area contributed by atoms with Crippen LogP contribution in [0.25, 0.3) is 0 Å². The van der Waals surface area contributed by atoms with Gasteiger partial charge in [0.1, 0.15) is 11.6 Å². The van der Waals surface area contributed by atoms with E-state index in [1.807, 2.05) is 0 Å². The Kier molecular flexibility index (Phi) is 1.65. The Morgan fingerprint density at radius 2 is 1.92 bits per heavy atom. The lowest BCUT2D eigenvalue weighted by Gasteiger charge is -2.00. The van der Waals surface area contributed by atoms with Crippen molar-refractivity contribution in [1.29, 1.82) is 0 Å². The molecule has 12 heavy (non-hydrogen) atoms. The highest BCUT2D eigenvalue weighted by Gasteiger charge is 2.23. The number of halogens is 2. The molecule has 0 aliphatic heterocycles. The number of rotatable bonds is 0. The van der Waals surface area contributed by atoms with Crippen molar-refractivity contribution in [3.05, 3.63) is 34.1 Å². The lowest BCUT2D eigenvalue weighted by molar-refractivity contribution is -0.117. The Labute approximate surface area is 74.2 Å². The molecule has 2 rings (SSSR count). The molecule has 0 unspecified atom stereocenters. The summed E-state index contributed by atoms with van der Waals surface area (Å²) < 4.78 is 13.0. The van der Waals surface area contributed by atoms with E-state index >= 15 is 0 Å². The van der Waals surface area contributed by atoms with Crippen LogP contribution in [0.2, 0.25) is 5.02 Å². The van der Waals surface area contributed by atoms with E-state index in [-0.39, 0.29) is 24.4 Å². The molecule has 0 N–H and O–H groups in total. The molecular formula is C9H6ClFO. The lowest BCUT2D eigenvalue weighted by Crippen LogP contribution is -1.93. The van der Waals surface area contributed by atoms with Gasteiger partial charge < -0.3 is 0 Å². The van der Waals surface area contributed by atoms with Gasteiger partial charge in [-0.2, -0.15) is 0 Å². The van der Waals surface area contributed by atoms with Crippen molar-refractivity contribution < 1.29 is 9.18 Å². The molecule has 1 aliphatic carbocycles. The summed E-state index contributed by atoms with van der Waals surface area (Å²) in [5, 5.41) is 0.497. The fraction of sp³-hybridized carbons (Fsp3) is 0.222. The number of Topliss-reactive ketones (excluding diaryl/α,β-unsaturated/α-hetero) is 1. The number of carbonyl (C=O) groups is 1. The molecule has 0 saturated carbocycles. The van der Waals surface area contributed by atoms with E-state index in [0.717, 1.165) is 0 Å². The minimum absolute atomic E-state index is 0.0389. The van der Waals surface area contributed by atoms with E-state index in [2.05, 4.69) is 0 Å². The first-order valence-electron chi connectivity index (χ1n) is 3.66. The largest absolute Gasteiger partial charge is 0.299 e. The minimum Gasteiger partial charge on any atom is -0.299 e. The third kappa shape index (κ3) is 1.03. The van der Waals surface area contributed by atoms with E-state index in [1.54, 1.807) is 0 Å². The first-order chi connectivity index (χ1) is 5.68. The molecule has 62 valence electrons. The molecule has 0 radical (unpaired) electrons. The van der Waals surface area contributed by atoms with Crippen molar-refractivity contribution >= 4 is 17.4 Å². The Morgan fingerprint density at radius 1 is 1.25 bits per heavy atom. The molecule has 3 heteroatoms. The maximum atomic E-state index is 13.0. The fourth-order valence-corrected chi connectivity index (χ4v) is 1.72. The van der Waals surface area contributed by atoms with Crippen molar-refractivity contribution in [3.8, 4) is 0 Å². The van der Waals surface area contributed by atoms with Crippen LogP contribution in [0.5, 0.6) is 0 Å². The SMILES string of the molecule is O=C1Cc2c(F)ccc(Cl)c2C1. The van der Waals surface area contributed by atoms with Gasteiger partial charge in [-0.3, -0.25) is 4.79 Å². The van der Waals surface area contributed by atoms with E-state index in [4.69, 9.17) is 11.6 Å². The quantitative estimate of drug-likeness (QED) is 0.604. The maximum absolute atomic E-state index is 13.0. The van der Waals surface area contributed by atoms with E-state index in [0.29, 0.717) is 16.1 Å². The van der Waals surface area contributed by atoms with Crippen LogP contribution in [0.15, 0.2) is 12.1 Å². The number of fused-ring (bicyclic) bond motifs is 1. The lowest BCUT2D eigenvalue weighted by atomic mass is 10.1. The fourth-order valence-electron chi connectivity index (χ4n) is 1.47. The van der Waals surface area contributed by atoms with Crippen molar-refractivity contribution in [1.82, 2.24) is 0 Å². The normalized spacial score (nSPS) is 15.0. The summed E-state index contributed by atoms with van der Waals surface area (Å²) >= 11 is 5.79. The third-order valence-corrected chi connectivity index (χ3v) is 2.42. The Balaban J connectivity index is 2.64. The number of hydrogen-bond donors (Lipinski definition) is 0. The van der Waals surface area contributed by atoms with Crippen molar-refractivity contribution in [2.75, 3.05) is 0 Å². The van der Waals surface area contributed by atoms with E-state index in [1.165, 1.54) is 12.1 Å². The van der Waals surface area contributed by atoms with Crippen molar-refractivity contribution in [3.63, 3.8) is 0 Å². The average Bonchev–Trinajstić information content (AvgIpc) is 2.41.